The van der Waals surface area contributed by atoms with Crippen molar-refractivity contribution in [3.8, 4) is 17.4 Å². The molecule has 3 aromatic rings. The maximum atomic E-state index is 12.1. The third-order valence-corrected chi connectivity index (χ3v) is 5.92. The number of fused-ring (bicyclic) bond motifs is 1. The number of aromatic hydroxyl groups is 1. The lowest BCUT2D eigenvalue weighted by Crippen LogP contribution is -2.24. The van der Waals surface area contributed by atoms with E-state index < -0.39 is 16.1 Å². The van der Waals surface area contributed by atoms with Gasteiger partial charge in [-0.1, -0.05) is 0 Å². The van der Waals surface area contributed by atoms with E-state index in [0.29, 0.717) is 22.4 Å². The van der Waals surface area contributed by atoms with Crippen molar-refractivity contribution < 1.29 is 23.4 Å². The molecule has 0 unspecified atom stereocenters. The molecule has 11 nitrogen and oxygen atoms in total. The van der Waals surface area contributed by atoms with Crippen LogP contribution in [0.5, 0.6) is 5.88 Å². The topological polar surface area (TPSA) is 153 Å². The third-order valence-electron chi connectivity index (χ3n) is 4.15. The second-order valence-corrected chi connectivity index (χ2v) is 8.83. The van der Waals surface area contributed by atoms with E-state index >= 15 is 0 Å². The lowest BCUT2D eigenvalue weighted by atomic mass is 10.3. The smallest absolute Gasteiger partial charge is 0.407 e. The molecule has 0 saturated carbocycles. The number of nitrogens with one attached hydrogen (secondary N) is 1. The van der Waals surface area contributed by atoms with Crippen molar-refractivity contribution in [3.63, 3.8) is 0 Å². The summed E-state index contributed by atoms with van der Waals surface area (Å²) in [5.41, 5.74) is 2.39. The van der Waals surface area contributed by atoms with Crippen LogP contribution in [0, 0.1) is 0 Å². The maximum Gasteiger partial charge on any atom is 0.407 e. The Morgan fingerprint density at radius 1 is 1.14 bits per heavy atom. The minimum Gasteiger partial charge on any atom is -0.493 e. The van der Waals surface area contributed by atoms with Gasteiger partial charge in [-0.25, -0.2) is 27.5 Å². The van der Waals surface area contributed by atoms with Gasteiger partial charge in [0.25, 0.3) is 0 Å². The Hall–Kier alpha value is -3.25. The SMILES string of the molecule is CN(Cc1cc2nc(-c3nc(O)cc(CS(=O)(=O)N(C)C)n3)ccc2[nH]1)C(=O)O. The first kappa shape index (κ1) is 20.5. The van der Waals surface area contributed by atoms with Gasteiger partial charge in [0, 0.05) is 32.9 Å². The molecule has 0 spiro atoms. The van der Waals surface area contributed by atoms with Gasteiger partial charge in [0.05, 0.1) is 23.3 Å². The normalized spacial score (nSPS) is 11.9. The van der Waals surface area contributed by atoms with E-state index in [1.807, 2.05) is 0 Å². The Morgan fingerprint density at radius 2 is 1.86 bits per heavy atom. The highest BCUT2D eigenvalue weighted by molar-refractivity contribution is 7.88. The molecule has 3 aromatic heterocycles. The van der Waals surface area contributed by atoms with Crippen molar-refractivity contribution in [2.75, 3.05) is 21.1 Å². The fourth-order valence-electron chi connectivity index (χ4n) is 2.59. The second-order valence-electron chi connectivity index (χ2n) is 6.64. The van der Waals surface area contributed by atoms with Crippen molar-refractivity contribution in [1.29, 1.82) is 0 Å². The lowest BCUT2D eigenvalue weighted by Gasteiger charge is -2.11. The molecule has 0 saturated heterocycles. The molecule has 3 N–H and O–H groups in total. The predicted octanol–water partition coefficient (Wildman–Crippen LogP) is 1.23. The fourth-order valence-corrected chi connectivity index (χ4v) is 3.37. The monoisotopic (exact) mass is 420 g/mol. The summed E-state index contributed by atoms with van der Waals surface area (Å²) in [6.45, 7) is 0.163. The number of H-pyrrole nitrogens is 1. The van der Waals surface area contributed by atoms with E-state index in [2.05, 4.69) is 19.9 Å². The average molecular weight is 420 g/mol. The zero-order chi connectivity index (χ0) is 21.3. The summed E-state index contributed by atoms with van der Waals surface area (Å²) >= 11 is 0. The number of carbonyl (C=O) groups is 1. The van der Waals surface area contributed by atoms with Crippen molar-refractivity contribution in [2.24, 2.45) is 0 Å². The molecule has 0 bridgehead atoms. The van der Waals surface area contributed by atoms with Crippen LogP contribution >= 0.6 is 0 Å². The summed E-state index contributed by atoms with van der Waals surface area (Å²) in [5, 5.41) is 18.9. The number of rotatable bonds is 6. The summed E-state index contributed by atoms with van der Waals surface area (Å²) in [6.07, 6.45) is -1.05. The Morgan fingerprint density at radius 3 is 2.52 bits per heavy atom. The van der Waals surface area contributed by atoms with Crippen LogP contribution in [0.1, 0.15) is 11.4 Å². The van der Waals surface area contributed by atoms with Crippen molar-refractivity contribution in [1.82, 2.24) is 29.1 Å². The molecule has 3 rings (SSSR count). The van der Waals surface area contributed by atoms with Gasteiger partial charge in [0.15, 0.2) is 5.82 Å². The van der Waals surface area contributed by atoms with Crippen molar-refractivity contribution in [3.05, 3.63) is 35.7 Å². The highest BCUT2D eigenvalue weighted by Crippen LogP contribution is 2.22. The van der Waals surface area contributed by atoms with Crippen molar-refractivity contribution >= 4 is 27.1 Å². The van der Waals surface area contributed by atoms with Crippen LogP contribution in [0.4, 0.5) is 4.79 Å². The zero-order valence-corrected chi connectivity index (χ0v) is 16.8. The van der Waals surface area contributed by atoms with Gasteiger partial charge in [-0.2, -0.15) is 4.98 Å². The van der Waals surface area contributed by atoms with Crippen LogP contribution in [-0.2, 0) is 22.3 Å². The molecule has 154 valence electrons. The first-order valence-corrected chi connectivity index (χ1v) is 10.1. The number of aromatic nitrogens is 4. The first-order valence-electron chi connectivity index (χ1n) is 8.45. The van der Waals surface area contributed by atoms with Crippen LogP contribution in [0.3, 0.4) is 0 Å². The number of amides is 1. The quantitative estimate of drug-likeness (QED) is 0.538. The van der Waals surface area contributed by atoms with Gasteiger partial charge < -0.3 is 20.1 Å². The van der Waals surface area contributed by atoms with Crippen molar-refractivity contribution in [2.45, 2.75) is 12.3 Å². The first-order chi connectivity index (χ1) is 13.5. The number of carboxylic acid groups (broad SMARTS) is 1. The van der Waals surface area contributed by atoms with Gasteiger partial charge in [0.1, 0.15) is 11.4 Å². The molecule has 12 heteroatoms. The van der Waals surface area contributed by atoms with E-state index in [1.54, 1.807) is 18.2 Å². The summed E-state index contributed by atoms with van der Waals surface area (Å²) < 4.78 is 25.3. The molecule has 0 aromatic carbocycles. The Bertz CT molecular complexity index is 1170. The fraction of sp³-hybridized carbons (Fsp3) is 0.294. The molecule has 0 atom stereocenters. The summed E-state index contributed by atoms with van der Waals surface area (Å²) in [5.74, 6) is -0.666. The summed E-state index contributed by atoms with van der Waals surface area (Å²) in [6, 6.07) is 6.26. The van der Waals surface area contributed by atoms with Gasteiger partial charge in [-0.05, 0) is 18.2 Å². The molecule has 0 radical (unpaired) electrons. The van der Waals surface area contributed by atoms with Crippen LogP contribution < -0.4 is 0 Å². The standard InChI is InChI=1S/C17H20N6O5S/c1-22(2)29(27,28)9-11-7-15(24)21-16(19-11)13-5-4-12-14(20-13)6-10(18-12)8-23(3)17(25)26/h4-7,18H,8-9H2,1-3H3,(H,25,26)(H,19,21,24). The molecule has 29 heavy (non-hydrogen) atoms. The molecule has 0 aliphatic rings. The van der Waals surface area contributed by atoms with Crippen LogP contribution in [0.15, 0.2) is 24.3 Å². The Labute approximate surface area is 166 Å². The van der Waals surface area contributed by atoms with Crippen LogP contribution in [0.2, 0.25) is 0 Å². The van der Waals surface area contributed by atoms with Gasteiger partial charge in [-0.3, -0.25) is 0 Å². The average Bonchev–Trinajstić information content (AvgIpc) is 3.01. The maximum absolute atomic E-state index is 12.1. The summed E-state index contributed by atoms with van der Waals surface area (Å²) in [7, 11) is 0.721. The minimum absolute atomic E-state index is 0.0845. The largest absolute Gasteiger partial charge is 0.493 e. The van der Waals surface area contributed by atoms with E-state index in [4.69, 9.17) is 5.11 Å². The minimum atomic E-state index is -3.56. The van der Waals surface area contributed by atoms with E-state index in [0.717, 1.165) is 9.21 Å². The third kappa shape index (κ3) is 4.60. The molecular formula is C17H20N6O5S. The highest BCUT2D eigenvalue weighted by Gasteiger charge is 2.18. The number of hydrogen-bond donors (Lipinski definition) is 3. The molecule has 0 fully saturated rings. The zero-order valence-electron chi connectivity index (χ0n) is 16.0. The second kappa shape index (κ2) is 7.64. The summed E-state index contributed by atoms with van der Waals surface area (Å²) in [4.78, 5) is 27.8. The van der Waals surface area contributed by atoms with Gasteiger partial charge in [-0.15, -0.1) is 0 Å². The molecular weight excluding hydrogens is 400 g/mol. The predicted molar refractivity (Wildman–Crippen MR) is 105 cm³/mol. The molecule has 0 aliphatic carbocycles. The van der Waals surface area contributed by atoms with E-state index in [-0.39, 0.29) is 29.7 Å². The number of aromatic amines is 1. The highest BCUT2D eigenvalue weighted by atomic mass is 32.2. The Balaban J connectivity index is 1.95. The van der Waals surface area contributed by atoms with Gasteiger partial charge in [0.2, 0.25) is 15.9 Å². The number of pyridine rings is 1. The number of hydrogen-bond acceptors (Lipinski definition) is 7. The molecule has 3 heterocycles. The Kier molecular flexibility index (Phi) is 5.40. The van der Waals surface area contributed by atoms with E-state index in [9.17, 15) is 18.3 Å². The lowest BCUT2D eigenvalue weighted by molar-refractivity contribution is 0.153. The molecule has 1 amide bonds. The molecule has 0 aliphatic heterocycles. The number of nitrogens with zero attached hydrogens (tertiary/aromatic N) is 5. The number of sulfonamides is 1. The van der Waals surface area contributed by atoms with Crippen LogP contribution in [-0.4, -0.2) is 75.0 Å². The van der Waals surface area contributed by atoms with Crippen LogP contribution in [0.25, 0.3) is 22.6 Å². The van der Waals surface area contributed by atoms with E-state index in [1.165, 1.54) is 27.2 Å². The van der Waals surface area contributed by atoms with Gasteiger partial charge >= 0.3 is 6.09 Å².